The highest BCUT2D eigenvalue weighted by Gasteiger charge is 2.12. The first kappa shape index (κ1) is 17.3. The lowest BCUT2D eigenvalue weighted by Gasteiger charge is -2.20. The Kier molecular flexibility index (Phi) is 7.61. The lowest BCUT2D eigenvalue weighted by atomic mass is 10.2. The van der Waals surface area contributed by atoms with Gasteiger partial charge in [-0.1, -0.05) is 25.1 Å². The van der Waals surface area contributed by atoms with Gasteiger partial charge in [-0.05, 0) is 38.3 Å². The number of benzene rings is 1. The van der Waals surface area contributed by atoms with Gasteiger partial charge < -0.3 is 20.5 Å². The van der Waals surface area contributed by atoms with E-state index in [0.717, 1.165) is 17.7 Å². The number of hydrogen-bond acceptors (Lipinski definition) is 3. The Morgan fingerprint density at radius 3 is 2.71 bits per heavy atom. The number of aliphatic hydroxyl groups excluding tert-OH is 1. The van der Waals surface area contributed by atoms with Crippen LogP contribution in [0.25, 0.3) is 0 Å². The van der Waals surface area contributed by atoms with Crippen LogP contribution in [0.5, 0.6) is 5.75 Å². The number of hydrogen-bond donors (Lipinski definition) is 3. The van der Waals surface area contributed by atoms with E-state index in [1.54, 1.807) is 0 Å². The van der Waals surface area contributed by atoms with Crippen molar-refractivity contribution in [1.29, 1.82) is 0 Å². The second-order valence-electron chi connectivity index (χ2n) is 5.18. The normalized spacial score (nSPS) is 13.3. The maximum Gasteiger partial charge on any atom is 0.315 e. The van der Waals surface area contributed by atoms with Crippen molar-refractivity contribution in [1.82, 2.24) is 10.6 Å². The van der Waals surface area contributed by atoms with E-state index < -0.39 is 0 Å². The highest BCUT2D eigenvalue weighted by Crippen LogP contribution is 2.18. The molecule has 5 nitrogen and oxygen atoms in total. The number of aliphatic hydroxyl groups is 1. The van der Waals surface area contributed by atoms with Crippen LogP contribution in [0, 0.1) is 6.92 Å². The molecule has 0 saturated carbocycles. The summed E-state index contributed by atoms with van der Waals surface area (Å²) in [7, 11) is 0. The summed E-state index contributed by atoms with van der Waals surface area (Å²) in [6.07, 6.45) is 1.29. The Hall–Kier alpha value is -1.75. The van der Waals surface area contributed by atoms with Crippen LogP contribution < -0.4 is 15.4 Å². The Morgan fingerprint density at radius 1 is 1.38 bits per heavy atom. The molecule has 1 aromatic carbocycles. The minimum Gasteiger partial charge on any atom is -0.488 e. The van der Waals surface area contributed by atoms with E-state index >= 15 is 0 Å². The van der Waals surface area contributed by atoms with Crippen LogP contribution in [0.4, 0.5) is 4.79 Å². The van der Waals surface area contributed by atoms with Crippen LogP contribution >= 0.6 is 0 Å². The first-order valence-corrected chi connectivity index (χ1v) is 7.44. The smallest absolute Gasteiger partial charge is 0.315 e. The minimum atomic E-state index is -0.234. The van der Waals surface area contributed by atoms with Gasteiger partial charge in [0.05, 0.1) is 6.54 Å². The average molecular weight is 294 g/mol. The van der Waals surface area contributed by atoms with Gasteiger partial charge in [0.25, 0.3) is 0 Å². The molecule has 1 aromatic rings. The number of amides is 2. The topological polar surface area (TPSA) is 70.6 Å². The molecule has 118 valence electrons. The van der Waals surface area contributed by atoms with Crippen molar-refractivity contribution in [2.45, 2.75) is 45.8 Å². The minimum absolute atomic E-state index is 0.0487. The summed E-state index contributed by atoms with van der Waals surface area (Å²) < 4.78 is 5.91. The average Bonchev–Trinajstić information content (AvgIpc) is 2.45. The van der Waals surface area contributed by atoms with E-state index in [9.17, 15) is 4.79 Å². The number of carbonyl (C=O) groups excluding carboxylic acids is 1. The maximum absolute atomic E-state index is 11.7. The first-order chi connectivity index (χ1) is 10.1. The summed E-state index contributed by atoms with van der Waals surface area (Å²) in [4.78, 5) is 11.7. The third-order valence-electron chi connectivity index (χ3n) is 3.27. The lowest BCUT2D eigenvalue weighted by molar-refractivity contribution is 0.187. The number of aryl methyl sites for hydroxylation is 1. The summed E-state index contributed by atoms with van der Waals surface area (Å²) in [5, 5.41) is 14.4. The second-order valence-corrected chi connectivity index (χ2v) is 5.18. The zero-order valence-electron chi connectivity index (χ0n) is 13.1. The van der Waals surface area contributed by atoms with E-state index in [4.69, 9.17) is 9.84 Å². The van der Waals surface area contributed by atoms with E-state index in [1.165, 1.54) is 0 Å². The molecule has 2 amide bonds. The molecule has 0 aliphatic heterocycles. The van der Waals surface area contributed by atoms with Crippen LogP contribution in [-0.4, -0.2) is 36.4 Å². The van der Waals surface area contributed by atoms with Gasteiger partial charge in [-0.3, -0.25) is 0 Å². The number of rotatable bonds is 8. The molecule has 21 heavy (non-hydrogen) atoms. The Balaban J connectivity index is 2.41. The molecule has 0 fully saturated rings. The van der Waals surface area contributed by atoms with Crippen LogP contribution in [0.3, 0.4) is 0 Å². The number of para-hydroxylation sites is 1. The van der Waals surface area contributed by atoms with Gasteiger partial charge in [0.1, 0.15) is 11.9 Å². The van der Waals surface area contributed by atoms with Crippen molar-refractivity contribution >= 4 is 6.03 Å². The molecule has 0 saturated heterocycles. The predicted octanol–water partition coefficient (Wildman–Crippen LogP) is 2.22. The molecule has 0 radical (unpaired) electrons. The van der Waals surface area contributed by atoms with Gasteiger partial charge in [0.15, 0.2) is 0 Å². The van der Waals surface area contributed by atoms with E-state index in [1.807, 2.05) is 45.0 Å². The SMILES string of the molecule is CCC(CNC(=O)N[C@H](C)CCO)Oc1ccccc1C. The number of nitrogens with one attached hydrogen (secondary N) is 2. The molecule has 2 atom stereocenters. The predicted molar refractivity (Wildman–Crippen MR) is 83.6 cm³/mol. The molecule has 0 aromatic heterocycles. The Bertz CT molecular complexity index is 437. The van der Waals surface area contributed by atoms with Crippen molar-refractivity contribution in [3.8, 4) is 5.75 Å². The zero-order valence-corrected chi connectivity index (χ0v) is 13.1. The van der Waals surface area contributed by atoms with Crippen LogP contribution in [0.2, 0.25) is 0 Å². The van der Waals surface area contributed by atoms with Crippen molar-refractivity contribution in [2.75, 3.05) is 13.2 Å². The van der Waals surface area contributed by atoms with Gasteiger partial charge in [-0.15, -0.1) is 0 Å². The standard InChI is InChI=1S/C16H26N2O3/c1-4-14(21-15-8-6-5-7-12(15)2)11-17-16(20)18-13(3)9-10-19/h5-8,13-14,19H,4,9-11H2,1-3H3,(H2,17,18,20)/t13-,14?/m1/s1. The molecule has 1 rings (SSSR count). The number of urea groups is 1. The van der Waals surface area contributed by atoms with Crippen LogP contribution in [0.15, 0.2) is 24.3 Å². The summed E-state index contributed by atoms with van der Waals surface area (Å²) in [5.41, 5.74) is 1.08. The number of carbonyl (C=O) groups is 1. The van der Waals surface area contributed by atoms with Crippen molar-refractivity contribution in [3.05, 3.63) is 29.8 Å². The molecule has 0 heterocycles. The van der Waals surface area contributed by atoms with Gasteiger partial charge in [0, 0.05) is 12.6 Å². The number of ether oxygens (including phenoxy) is 1. The van der Waals surface area contributed by atoms with E-state index in [-0.39, 0.29) is 24.8 Å². The van der Waals surface area contributed by atoms with Gasteiger partial charge in [0.2, 0.25) is 0 Å². The Morgan fingerprint density at radius 2 is 2.10 bits per heavy atom. The molecule has 0 aliphatic rings. The lowest BCUT2D eigenvalue weighted by Crippen LogP contribution is -2.44. The fourth-order valence-corrected chi connectivity index (χ4v) is 1.88. The fraction of sp³-hybridized carbons (Fsp3) is 0.562. The van der Waals surface area contributed by atoms with Crippen LogP contribution in [0.1, 0.15) is 32.3 Å². The molecular weight excluding hydrogens is 268 g/mol. The molecule has 1 unspecified atom stereocenters. The third-order valence-corrected chi connectivity index (χ3v) is 3.27. The largest absolute Gasteiger partial charge is 0.488 e. The maximum atomic E-state index is 11.7. The molecule has 3 N–H and O–H groups in total. The first-order valence-electron chi connectivity index (χ1n) is 7.44. The summed E-state index contributed by atoms with van der Waals surface area (Å²) in [5.74, 6) is 0.847. The fourth-order valence-electron chi connectivity index (χ4n) is 1.88. The molecule has 0 spiro atoms. The van der Waals surface area contributed by atoms with Crippen LogP contribution in [-0.2, 0) is 0 Å². The van der Waals surface area contributed by atoms with Gasteiger partial charge in [-0.2, -0.15) is 0 Å². The zero-order chi connectivity index (χ0) is 15.7. The second kappa shape index (κ2) is 9.23. The van der Waals surface area contributed by atoms with Crippen molar-refractivity contribution < 1.29 is 14.6 Å². The van der Waals surface area contributed by atoms with E-state index in [2.05, 4.69) is 10.6 Å². The molecular formula is C16H26N2O3. The van der Waals surface area contributed by atoms with E-state index in [0.29, 0.717) is 13.0 Å². The monoisotopic (exact) mass is 294 g/mol. The highest BCUT2D eigenvalue weighted by molar-refractivity contribution is 5.74. The quantitative estimate of drug-likeness (QED) is 0.688. The molecule has 5 heteroatoms. The third kappa shape index (κ3) is 6.49. The summed E-state index contributed by atoms with van der Waals surface area (Å²) in [6, 6.07) is 7.55. The summed E-state index contributed by atoms with van der Waals surface area (Å²) in [6.45, 7) is 6.39. The van der Waals surface area contributed by atoms with Crippen molar-refractivity contribution in [2.24, 2.45) is 0 Å². The van der Waals surface area contributed by atoms with Crippen molar-refractivity contribution in [3.63, 3.8) is 0 Å². The Labute approximate surface area is 126 Å². The van der Waals surface area contributed by atoms with Gasteiger partial charge >= 0.3 is 6.03 Å². The summed E-state index contributed by atoms with van der Waals surface area (Å²) >= 11 is 0. The van der Waals surface area contributed by atoms with Gasteiger partial charge in [-0.25, -0.2) is 4.79 Å². The molecule has 0 aliphatic carbocycles. The highest BCUT2D eigenvalue weighted by atomic mass is 16.5. The molecule has 0 bridgehead atoms.